The highest BCUT2D eigenvalue weighted by Gasteiger charge is 2.26. The van der Waals surface area contributed by atoms with E-state index in [0.717, 1.165) is 19.1 Å². The molecule has 0 saturated heterocycles. The fraction of sp³-hybridized carbons (Fsp3) is 0.600. The monoisotopic (exact) mass is 310 g/mol. The molecule has 0 bridgehead atoms. The van der Waals surface area contributed by atoms with Gasteiger partial charge in [0.2, 0.25) is 0 Å². The number of benzene rings is 1. The molecule has 0 aromatic heterocycles. The van der Waals surface area contributed by atoms with Gasteiger partial charge in [-0.25, -0.2) is 0 Å². The zero-order chi connectivity index (χ0) is 13.0. The lowest BCUT2D eigenvalue weighted by Crippen LogP contribution is -2.33. The zero-order valence-electron chi connectivity index (χ0n) is 11.4. The first-order valence-corrected chi connectivity index (χ1v) is 7.69. The normalized spacial score (nSPS) is 15.3. The second-order valence-corrected chi connectivity index (χ2v) is 5.97. The number of hydrogen-bond acceptors (Lipinski definition) is 2. The van der Waals surface area contributed by atoms with E-state index in [4.69, 9.17) is 0 Å². The average Bonchev–Trinajstić information content (AvgIpc) is 3.18. The first-order valence-electron chi connectivity index (χ1n) is 6.90. The van der Waals surface area contributed by atoms with Crippen LogP contribution < -0.4 is 5.32 Å². The highest BCUT2D eigenvalue weighted by Crippen LogP contribution is 2.25. The molecule has 2 rings (SSSR count). The Kier molecular flexibility index (Phi) is 5.22. The summed E-state index contributed by atoms with van der Waals surface area (Å²) in [7, 11) is 0. The molecular formula is C15H23BrN2. The van der Waals surface area contributed by atoms with Crippen molar-refractivity contribution in [1.82, 2.24) is 10.2 Å². The van der Waals surface area contributed by atoms with Crippen molar-refractivity contribution >= 4 is 15.9 Å². The van der Waals surface area contributed by atoms with Crippen LogP contribution in [0.25, 0.3) is 0 Å². The van der Waals surface area contributed by atoms with Crippen molar-refractivity contribution in [2.24, 2.45) is 0 Å². The lowest BCUT2D eigenvalue weighted by atomic mass is 10.1. The van der Waals surface area contributed by atoms with Gasteiger partial charge in [0.15, 0.2) is 0 Å². The number of aryl methyl sites for hydroxylation is 1. The van der Waals surface area contributed by atoms with Gasteiger partial charge in [0, 0.05) is 30.1 Å². The largest absolute Gasteiger partial charge is 0.311 e. The lowest BCUT2D eigenvalue weighted by Gasteiger charge is -2.19. The van der Waals surface area contributed by atoms with Gasteiger partial charge >= 0.3 is 0 Å². The predicted octanol–water partition coefficient (Wildman–Crippen LogP) is 3.33. The molecule has 0 radical (unpaired) electrons. The van der Waals surface area contributed by atoms with E-state index in [2.05, 4.69) is 58.2 Å². The van der Waals surface area contributed by atoms with E-state index in [1.54, 1.807) is 0 Å². The van der Waals surface area contributed by atoms with Gasteiger partial charge in [0.1, 0.15) is 0 Å². The molecule has 18 heavy (non-hydrogen) atoms. The molecule has 0 spiro atoms. The maximum absolute atomic E-state index is 3.54. The molecule has 100 valence electrons. The number of rotatable bonds is 7. The van der Waals surface area contributed by atoms with Crippen LogP contribution >= 0.6 is 15.9 Å². The summed E-state index contributed by atoms with van der Waals surface area (Å²) in [6, 6.07) is 7.44. The Bertz CT molecular complexity index is 388. The molecule has 1 saturated carbocycles. The minimum atomic E-state index is 0.881. The topological polar surface area (TPSA) is 15.3 Å². The smallest absolute Gasteiger partial charge is 0.0206 e. The second kappa shape index (κ2) is 6.69. The van der Waals surface area contributed by atoms with Gasteiger partial charge in [-0.3, -0.25) is 4.90 Å². The Balaban J connectivity index is 1.69. The van der Waals surface area contributed by atoms with Crippen molar-refractivity contribution in [1.29, 1.82) is 0 Å². The van der Waals surface area contributed by atoms with E-state index in [1.807, 2.05) is 0 Å². The van der Waals surface area contributed by atoms with E-state index >= 15 is 0 Å². The predicted molar refractivity (Wildman–Crippen MR) is 80.9 cm³/mol. The maximum Gasteiger partial charge on any atom is 0.0206 e. The summed E-state index contributed by atoms with van der Waals surface area (Å²) in [5.74, 6) is 0. The Morgan fingerprint density at radius 3 is 2.78 bits per heavy atom. The first kappa shape index (κ1) is 14.0. The molecule has 0 atom stereocenters. The van der Waals surface area contributed by atoms with E-state index in [1.165, 1.54) is 41.5 Å². The number of hydrogen-bond donors (Lipinski definition) is 1. The number of halogens is 1. The summed E-state index contributed by atoms with van der Waals surface area (Å²) in [4.78, 5) is 2.58. The SMILES string of the molecule is CCN(CCNCc1ccc(Br)c(C)c1)C1CC1. The van der Waals surface area contributed by atoms with Crippen LogP contribution in [0.1, 0.15) is 30.9 Å². The summed E-state index contributed by atoms with van der Waals surface area (Å²) in [5, 5.41) is 3.54. The molecule has 1 aromatic carbocycles. The molecule has 1 aliphatic carbocycles. The highest BCUT2D eigenvalue weighted by molar-refractivity contribution is 9.10. The van der Waals surface area contributed by atoms with Crippen LogP contribution in [0.4, 0.5) is 0 Å². The van der Waals surface area contributed by atoms with Gasteiger partial charge in [-0.2, -0.15) is 0 Å². The van der Waals surface area contributed by atoms with E-state index in [-0.39, 0.29) is 0 Å². The quantitative estimate of drug-likeness (QED) is 0.777. The third-order valence-corrected chi connectivity index (χ3v) is 4.49. The molecule has 2 nitrogen and oxygen atoms in total. The van der Waals surface area contributed by atoms with Crippen molar-refractivity contribution < 1.29 is 0 Å². The van der Waals surface area contributed by atoms with Crippen LogP contribution in [0, 0.1) is 6.92 Å². The van der Waals surface area contributed by atoms with Crippen molar-refractivity contribution in [2.45, 2.75) is 39.3 Å². The Labute approximate surface area is 119 Å². The number of nitrogens with zero attached hydrogens (tertiary/aromatic N) is 1. The molecule has 1 aliphatic rings. The Hall–Kier alpha value is -0.380. The summed E-state index contributed by atoms with van der Waals surface area (Å²) in [5.41, 5.74) is 2.67. The van der Waals surface area contributed by atoms with Crippen LogP contribution in [0.3, 0.4) is 0 Å². The molecule has 0 unspecified atom stereocenters. The maximum atomic E-state index is 3.54. The van der Waals surface area contributed by atoms with Crippen LogP contribution in [0.5, 0.6) is 0 Å². The summed E-state index contributed by atoms with van der Waals surface area (Å²) in [6.45, 7) is 8.81. The van der Waals surface area contributed by atoms with Gasteiger partial charge in [-0.05, 0) is 43.5 Å². The Morgan fingerprint density at radius 2 is 2.17 bits per heavy atom. The minimum absolute atomic E-state index is 0.881. The van der Waals surface area contributed by atoms with Gasteiger partial charge in [0.05, 0.1) is 0 Å². The van der Waals surface area contributed by atoms with Gasteiger partial charge in [-0.1, -0.05) is 35.0 Å². The number of likely N-dealkylation sites (N-methyl/N-ethyl adjacent to an activating group) is 1. The molecular weight excluding hydrogens is 288 g/mol. The van der Waals surface area contributed by atoms with E-state index < -0.39 is 0 Å². The number of nitrogens with one attached hydrogen (secondary N) is 1. The molecule has 3 heteroatoms. The minimum Gasteiger partial charge on any atom is -0.311 e. The summed E-state index contributed by atoms with van der Waals surface area (Å²) < 4.78 is 1.19. The second-order valence-electron chi connectivity index (χ2n) is 5.12. The Morgan fingerprint density at radius 1 is 1.39 bits per heavy atom. The molecule has 0 heterocycles. The van der Waals surface area contributed by atoms with Gasteiger partial charge in [0.25, 0.3) is 0 Å². The van der Waals surface area contributed by atoms with Crippen molar-refractivity contribution in [3.63, 3.8) is 0 Å². The third-order valence-electron chi connectivity index (χ3n) is 3.60. The molecule has 0 aliphatic heterocycles. The molecule has 1 fully saturated rings. The standard InChI is InChI=1S/C15H23BrN2/c1-3-18(14-5-6-14)9-8-17-11-13-4-7-15(16)12(2)10-13/h4,7,10,14,17H,3,5-6,8-9,11H2,1-2H3. The van der Waals surface area contributed by atoms with Crippen LogP contribution in [-0.4, -0.2) is 30.6 Å². The highest BCUT2D eigenvalue weighted by atomic mass is 79.9. The molecule has 1 N–H and O–H groups in total. The van der Waals surface area contributed by atoms with Crippen molar-refractivity contribution in [3.05, 3.63) is 33.8 Å². The van der Waals surface area contributed by atoms with Crippen LogP contribution in [0.15, 0.2) is 22.7 Å². The van der Waals surface area contributed by atoms with E-state index in [0.29, 0.717) is 0 Å². The van der Waals surface area contributed by atoms with Gasteiger partial charge < -0.3 is 5.32 Å². The summed E-state index contributed by atoms with van der Waals surface area (Å²) >= 11 is 3.54. The van der Waals surface area contributed by atoms with Crippen molar-refractivity contribution in [2.75, 3.05) is 19.6 Å². The molecule has 1 aromatic rings. The average molecular weight is 311 g/mol. The molecule has 0 amide bonds. The first-order chi connectivity index (χ1) is 8.70. The van der Waals surface area contributed by atoms with Crippen molar-refractivity contribution in [3.8, 4) is 0 Å². The lowest BCUT2D eigenvalue weighted by molar-refractivity contribution is 0.277. The fourth-order valence-corrected chi connectivity index (χ4v) is 2.56. The van der Waals surface area contributed by atoms with Crippen LogP contribution in [0.2, 0.25) is 0 Å². The van der Waals surface area contributed by atoms with Crippen LogP contribution in [-0.2, 0) is 6.54 Å². The summed E-state index contributed by atoms with van der Waals surface area (Å²) in [6.07, 6.45) is 2.81. The van der Waals surface area contributed by atoms with Gasteiger partial charge in [-0.15, -0.1) is 0 Å². The zero-order valence-corrected chi connectivity index (χ0v) is 13.0. The third kappa shape index (κ3) is 4.08. The fourth-order valence-electron chi connectivity index (χ4n) is 2.31. The van der Waals surface area contributed by atoms with E-state index in [9.17, 15) is 0 Å².